The molecule has 0 saturated heterocycles. The van der Waals surface area contributed by atoms with Gasteiger partial charge in [-0.15, -0.1) is 0 Å². The minimum absolute atomic E-state index is 0.434. The summed E-state index contributed by atoms with van der Waals surface area (Å²) in [5, 5.41) is 0. The lowest BCUT2D eigenvalue weighted by atomic mass is 9.87. The molecular formula is C28H30F3N. The van der Waals surface area contributed by atoms with Crippen LogP contribution in [0.1, 0.15) is 54.4 Å². The summed E-state index contributed by atoms with van der Waals surface area (Å²) in [6.45, 7) is 6.56. The summed E-state index contributed by atoms with van der Waals surface area (Å²) in [4.78, 5) is 2.38. The van der Waals surface area contributed by atoms with E-state index in [1.54, 1.807) is 12.1 Å². The van der Waals surface area contributed by atoms with Crippen LogP contribution in [-0.2, 0) is 12.7 Å². The molecule has 1 aliphatic carbocycles. The first-order valence-corrected chi connectivity index (χ1v) is 11.3. The zero-order valence-electron chi connectivity index (χ0n) is 18.9. The first kappa shape index (κ1) is 22.6. The molecule has 0 heterocycles. The first-order valence-electron chi connectivity index (χ1n) is 11.3. The smallest absolute Gasteiger partial charge is 0.302 e. The quantitative estimate of drug-likeness (QED) is 0.381. The first-order chi connectivity index (χ1) is 15.2. The Kier molecular flexibility index (Phi) is 6.43. The second-order valence-corrected chi connectivity index (χ2v) is 9.19. The van der Waals surface area contributed by atoms with E-state index in [1.807, 2.05) is 6.07 Å². The minimum Gasteiger partial charge on any atom is -0.302 e. The van der Waals surface area contributed by atoms with E-state index in [0.717, 1.165) is 30.6 Å². The molecule has 4 heteroatoms. The lowest BCUT2D eigenvalue weighted by molar-refractivity contribution is -0.137. The number of benzene rings is 3. The summed E-state index contributed by atoms with van der Waals surface area (Å²) >= 11 is 0. The van der Waals surface area contributed by atoms with E-state index in [2.05, 4.69) is 68.3 Å². The fourth-order valence-electron chi connectivity index (χ4n) is 5.00. The minimum atomic E-state index is -4.30. The largest absolute Gasteiger partial charge is 0.416 e. The van der Waals surface area contributed by atoms with Crippen LogP contribution in [0.2, 0.25) is 0 Å². The van der Waals surface area contributed by atoms with Gasteiger partial charge >= 0.3 is 6.18 Å². The average Bonchev–Trinajstić information content (AvgIpc) is 3.02. The lowest BCUT2D eigenvalue weighted by Gasteiger charge is -2.23. The Morgan fingerprint density at radius 3 is 2.12 bits per heavy atom. The van der Waals surface area contributed by atoms with Gasteiger partial charge in [-0.2, -0.15) is 13.2 Å². The van der Waals surface area contributed by atoms with E-state index in [9.17, 15) is 13.2 Å². The summed E-state index contributed by atoms with van der Waals surface area (Å²) in [5.74, 6) is 1.47. The van der Waals surface area contributed by atoms with Crippen molar-refractivity contribution in [1.29, 1.82) is 0 Å². The highest BCUT2D eigenvalue weighted by Crippen LogP contribution is 2.48. The number of nitrogens with zero attached hydrogens (tertiary/aromatic N) is 1. The fraction of sp³-hybridized carbons (Fsp3) is 0.357. The van der Waals surface area contributed by atoms with E-state index in [4.69, 9.17) is 0 Å². The molecule has 4 rings (SSSR count). The number of fused-ring (bicyclic) bond motifs is 1. The molecule has 1 nitrogen and oxygen atoms in total. The molecule has 0 spiro atoms. The van der Waals surface area contributed by atoms with Gasteiger partial charge in [0.15, 0.2) is 0 Å². The van der Waals surface area contributed by atoms with Crippen LogP contribution in [0.4, 0.5) is 13.2 Å². The standard InChI is InChI=1S/C28H30F3N/c1-19-20(2)27-17-23(22-9-12-24(13-10-22)28(29,30)31)11-14-26(27)25(19)15-16-32(3)18-21-7-5-4-6-8-21/h4-14,17,19-20,25H,15-16,18H2,1-3H3/t19-,20?,25?/m1/s1. The summed E-state index contributed by atoms with van der Waals surface area (Å²) in [6.07, 6.45) is -3.21. The van der Waals surface area contributed by atoms with Gasteiger partial charge in [0.1, 0.15) is 0 Å². The average molecular weight is 438 g/mol. The lowest BCUT2D eigenvalue weighted by Crippen LogP contribution is -2.22. The highest BCUT2D eigenvalue weighted by atomic mass is 19.4. The van der Waals surface area contributed by atoms with Gasteiger partial charge in [-0.25, -0.2) is 0 Å². The van der Waals surface area contributed by atoms with Crippen molar-refractivity contribution < 1.29 is 13.2 Å². The predicted molar refractivity (Wildman–Crippen MR) is 125 cm³/mol. The van der Waals surface area contributed by atoms with Gasteiger partial charge < -0.3 is 4.90 Å². The van der Waals surface area contributed by atoms with Gasteiger partial charge in [0, 0.05) is 6.54 Å². The number of alkyl halides is 3. The van der Waals surface area contributed by atoms with Crippen LogP contribution in [0.25, 0.3) is 11.1 Å². The summed E-state index contributed by atoms with van der Waals surface area (Å²) in [7, 11) is 2.17. The Hall–Kier alpha value is -2.59. The second-order valence-electron chi connectivity index (χ2n) is 9.19. The molecule has 0 N–H and O–H groups in total. The van der Waals surface area contributed by atoms with Crippen molar-refractivity contribution in [2.45, 2.75) is 44.8 Å². The van der Waals surface area contributed by atoms with Crippen LogP contribution in [0.5, 0.6) is 0 Å². The van der Waals surface area contributed by atoms with Crippen molar-refractivity contribution >= 4 is 0 Å². The summed E-state index contributed by atoms with van der Waals surface area (Å²) < 4.78 is 38.7. The highest BCUT2D eigenvalue weighted by molar-refractivity contribution is 5.66. The molecule has 0 aliphatic heterocycles. The van der Waals surface area contributed by atoms with Crippen LogP contribution >= 0.6 is 0 Å². The van der Waals surface area contributed by atoms with Gasteiger partial charge in [-0.3, -0.25) is 0 Å². The van der Waals surface area contributed by atoms with Crippen LogP contribution < -0.4 is 0 Å². The maximum absolute atomic E-state index is 12.9. The molecule has 0 aromatic heterocycles. The molecule has 0 bridgehead atoms. The predicted octanol–water partition coefficient (Wildman–Crippen LogP) is 7.73. The van der Waals surface area contributed by atoms with E-state index in [1.165, 1.54) is 28.8 Å². The zero-order chi connectivity index (χ0) is 22.9. The normalized spacial score (nSPS) is 20.5. The van der Waals surface area contributed by atoms with E-state index >= 15 is 0 Å². The third-order valence-corrected chi connectivity index (χ3v) is 7.06. The topological polar surface area (TPSA) is 3.24 Å². The van der Waals surface area contributed by atoms with Crippen molar-refractivity contribution in [3.05, 3.63) is 95.1 Å². The van der Waals surface area contributed by atoms with Crippen LogP contribution in [0, 0.1) is 5.92 Å². The van der Waals surface area contributed by atoms with Crippen molar-refractivity contribution in [3.63, 3.8) is 0 Å². The molecule has 3 atom stereocenters. The molecule has 2 unspecified atom stereocenters. The van der Waals surface area contributed by atoms with Crippen LogP contribution in [-0.4, -0.2) is 18.5 Å². The molecule has 0 amide bonds. The molecule has 3 aromatic rings. The molecule has 32 heavy (non-hydrogen) atoms. The molecule has 168 valence electrons. The fourth-order valence-corrected chi connectivity index (χ4v) is 5.00. The Morgan fingerprint density at radius 2 is 1.47 bits per heavy atom. The molecule has 0 fully saturated rings. The van der Waals surface area contributed by atoms with Gasteiger partial charge in [0.25, 0.3) is 0 Å². The van der Waals surface area contributed by atoms with Crippen LogP contribution in [0.3, 0.4) is 0 Å². The third-order valence-electron chi connectivity index (χ3n) is 7.06. The SMILES string of the molecule is CC1c2cc(-c3ccc(C(F)(F)F)cc3)ccc2C(CCN(C)Cc2ccccc2)[C@@H]1C. The Bertz CT molecular complexity index is 1040. The van der Waals surface area contributed by atoms with Crippen LogP contribution in [0.15, 0.2) is 72.8 Å². The Morgan fingerprint density at radius 1 is 0.812 bits per heavy atom. The zero-order valence-corrected chi connectivity index (χ0v) is 18.9. The van der Waals surface area contributed by atoms with Gasteiger partial charge in [0.05, 0.1) is 5.56 Å². The highest BCUT2D eigenvalue weighted by Gasteiger charge is 2.35. The number of halogens is 3. The molecule has 3 aromatic carbocycles. The van der Waals surface area contributed by atoms with E-state index < -0.39 is 11.7 Å². The Balaban J connectivity index is 1.48. The number of hydrogen-bond acceptors (Lipinski definition) is 1. The summed E-state index contributed by atoms with van der Waals surface area (Å²) in [6, 6.07) is 22.4. The summed E-state index contributed by atoms with van der Waals surface area (Å²) in [5.41, 5.74) is 5.26. The monoisotopic (exact) mass is 437 g/mol. The van der Waals surface area contributed by atoms with Crippen molar-refractivity contribution in [1.82, 2.24) is 4.90 Å². The van der Waals surface area contributed by atoms with E-state index in [0.29, 0.717) is 17.8 Å². The molecular weight excluding hydrogens is 407 g/mol. The third kappa shape index (κ3) is 4.75. The molecule has 1 aliphatic rings. The molecule has 0 radical (unpaired) electrons. The van der Waals surface area contributed by atoms with E-state index in [-0.39, 0.29) is 0 Å². The Labute approximate surface area is 188 Å². The van der Waals surface area contributed by atoms with Gasteiger partial charge in [-0.05, 0) is 77.7 Å². The second kappa shape index (κ2) is 9.11. The van der Waals surface area contributed by atoms with Gasteiger partial charge in [0.2, 0.25) is 0 Å². The van der Waals surface area contributed by atoms with Crippen molar-refractivity contribution in [2.75, 3.05) is 13.6 Å². The van der Waals surface area contributed by atoms with Crippen molar-refractivity contribution in [3.8, 4) is 11.1 Å². The maximum Gasteiger partial charge on any atom is 0.416 e. The molecule has 0 saturated carbocycles. The van der Waals surface area contributed by atoms with Crippen molar-refractivity contribution in [2.24, 2.45) is 5.92 Å². The van der Waals surface area contributed by atoms with Gasteiger partial charge in [-0.1, -0.05) is 74.5 Å². The number of rotatable bonds is 6. The maximum atomic E-state index is 12.9. The number of hydrogen-bond donors (Lipinski definition) is 0.